The lowest BCUT2D eigenvalue weighted by molar-refractivity contribution is 0.491. The molecule has 0 aromatic carbocycles. The van der Waals surface area contributed by atoms with Gasteiger partial charge in [-0.2, -0.15) is 10.2 Å². The fraction of sp³-hybridized carbons (Fsp3) is 0.286. The molecule has 0 radical (unpaired) electrons. The van der Waals surface area contributed by atoms with Gasteiger partial charge in [0.2, 0.25) is 0 Å². The van der Waals surface area contributed by atoms with Crippen LogP contribution in [0.3, 0.4) is 0 Å². The lowest BCUT2D eigenvalue weighted by Crippen LogP contribution is -2.15. The fourth-order valence-electron chi connectivity index (χ4n) is 0.796. The van der Waals surface area contributed by atoms with Crippen LogP contribution in [0.1, 0.15) is 5.56 Å². The molecule has 0 fully saturated rings. The zero-order valence-electron chi connectivity index (χ0n) is 8.00. The predicted octanol–water partition coefficient (Wildman–Crippen LogP) is 0.914. The van der Waals surface area contributed by atoms with E-state index in [0.29, 0.717) is 0 Å². The summed E-state index contributed by atoms with van der Waals surface area (Å²) in [6, 6.07) is 1.54. The molecule has 0 amide bonds. The van der Waals surface area contributed by atoms with Crippen molar-refractivity contribution in [1.29, 1.82) is 5.26 Å². The van der Waals surface area contributed by atoms with Gasteiger partial charge in [0, 0.05) is 19.0 Å². The van der Waals surface area contributed by atoms with E-state index in [1.807, 2.05) is 0 Å². The number of nitriles is 1. The van der Waals surface area contributed by atoms with Gasteiger partial charge in [-0.25, -0.2) is 4.79 Å². The smallest absolute Gasteiger partial charge is 0.358 e. The molecule has 0 bridgehead atoms. The number of azide groups is 1. The maximum Gasteiger partial charge on any atom is 0.358 e. The molecule has 8 nitrogen and oxygen atoms in total. The number of anilines is 1. The van der Waals surface area contributed by atoms with Gasteiger partial charge in [0.05, 0.1) is 0 Å². The van der Waals surface area contributed by atoms with Crippen LogP contribution in [0.4, 0.5) is 11.8 Å². The van der Waals surface area contributed by atoms with Crippen LogP contribution in [-0.2, 0) is 0 Å². The molecule has 1 rings (SSSR count). The van der Waals surface area contributed by atoms with Crippen LogP contribution in [0.2, 0.25) is 0 Å². The minimum atomic E-state index is -0.876. The quantitative estimate of drug-likeness (QED) is 0.404. The highest BCUT2D eigenvalue weighted by Gasteiger charge is 2.12. The van der Waals surface area contributed by atoms with Gasteiger partial charge < -0.3 is 9.32 Å². The number of hydrogen-bond acceptors (Lipinski definition) is 6. The number of nitrogens with zero attached hydrogens (tertiary/aromatic N) is 6. The van der Waals surface area contributed by atoms with E-state index in [2.05, 4.69) is 15.0 Å². The normalized spacial score (nSPS) is 8.87. The third-order valence-electron chi connectivity index (χ3n) is 1.45. The number of rotatable bonds is 2. The first-order chi connectivity index (χ1) is 7.10. The summed E-state index contributed by atoms with van der Waals surface area (Å²) in [5.41, 5.74) is 6.94. The molecule has 8 heteroatoms. The first-order valence-corrected chi connectivity index (χ1v) is 3.77. The van der Waals surface area contributed by atoms with Crippen molar-refractivity contribution in [3.8, 4) is 6.07 Å². The molecule has 0 unspecified atom stereocenters. The lowest BCUT2D eigenvalue weighted by atomic mass is 10.3. The van der Waals surface area contributed by atoms with Crippen molar-refractivity contribution in [1.82, 2.24) is 4.98 Å². The summed E-state index contributed by atoms with van der Waals surface area (Å²) in [7, 11) is 3.19. The van der Waals surface area contributed by atoms with E-state index in [9.17, 15) is 4.79 Å². The number of hydrogen-bond donors (Lipinski definition) is 0. The summed E-state index contributed by atoms with van der Waals surface area (Å²) < 4.78 is 4.70. The van der Waals surface area contributed by atoms with Crippen molar-refractivity contribution < 1.29 is 4.42 Å². The van der Waals surface area contributed by atoms with Gasteiger partial charge in [0.1, 0.15) is 6.07 Å². The molecular weight excluding hydrogens is 200 g/mol. The average Bonchev–Trinajstić information content (AvgIpc) is 2.17. The second-order valence-electron chi connectivity index (χ2n) is 2.68. The standard InChI is InChI=1S/C7H6N6O2/c1-13(2)7-10-5(11-12-9)4(3-8)6(14)15-7/h1-2H3. The molecule has 76 valence electrons. The van der Waals surface area contributed by atoms with Crippen LogP contribution in [0, 0.1) is 11.3 Å². The van der Waals surface area contributed by atoms with Crippen molar-refractivity contribution in [3.05, 3.63) is 26.4 Å². The van der Waals surface area contributed by atoms with E-state index in [4.69, 9.17) is 15.2 Å². The van der Waals surface area contributed by atoms with Crippen molar-refractivity contribution in [3.63, 3.8) is 0 Å². The third kappa shape index (κ3) is 2.04. The van der Waals surface area contributed by atoms with Crippen molar-refractivity contribution >= 4 is 11.8 Å². The lowest BCUT2D eigenvalue weighted by Gasteiger charge is -2.08. The minimum absolute atomic E-state index is 0.0265. The highest BCUT2D eigenvalue weighted by molar-refractivity contribution is 5.47. The maximum atomic E-state index is 11.2. The molecular formula is C7H6N6O2. The highest BCUT2D eigenvalue weighted by atomic mass is 16.4. The second kappa shape index (κ2) is 4.13. The average molecular weight is 206 g/mol. The van der Waals surface area contributed by atoms with Crippen LogP contribution in [0.5, 0.6) is 0 Å². The van der Waals surface area contributed by atoms with Crippen LogP contribution >= 0.6 is 0 Å². The summed E-state index contributed by atoms with van der Waals surface area (Å²) in [6.07, 6.45) is 0. The van der Waals surface area contributed by atoms with Crippen molar-refractivity contribution in [2.45, 2.75) is 0 Å². The van der Waals surface area contributed by atoms with Gasteiger partial charge in [-0.05, 0) is 10.6 Å². The van der Waals surface area contributed by atoms with Crippen LogP contribution in [0.15, 0.2) is 14.3 Å². The summed E-state index contributed by atoms with van der Waals surface area (Å²) in [6.45, 7) is 0. The summed E-state index contributed by atoms with van der Waals surface area (Å²) >= 11 is 0. The summed E-state index contributed by atoms with van der Waals surface area (Å²) in [5.74, 6) is -0.278. The van der Waals surface area contributed by atoms with Crippen molar-refractivity contribution in [2.24, 2.45) is 5.11 Å². The van der Waals surface area contributed by atoms with Crippen molar-refractivity contribution in [2.75, 3.05) is 19.0 Å². The molecule has 0 spiro atoms. The Bertz CT molecular complexity index is 519. The third-order valence-corrected chi connectivity index (χ3v) is 1.45. The summed E-state index contributed by atoms with van der Waals surface area (Å²) in [5, 5.41) is 11.8. The molecule has 0 atom stereocenters. The van der Waals surface area contributed by atoms with Crippen LogP contribution < -0.4 is 10.5 Å². The Morgan fingerprint density at radius 2 is 2.33 bits per heavy atom. The molecule has 1 heterocycles. The molecule has 0 N–H and O–H groups in total. The predicted molar refractivity (Wildman–Crippen MR) is 50.6 cm³/mol. The Morgan fingerprint density at radius 1 is 1.67 bits per heavy atom. The molecule has 0 saturated carbocycles. The molecule has 0 saturated heterocycles. The number of aromatic nitrogens is 1. The maximum absolute atomic E-state index is 11.2. The second-order valence-corrected chi connectivity index (χ2v) is 2.68. The zero-order valence-corrected chi connectivity index (χ0v) is 8.00. The topological polar surface area (TPSA) is 119 Å². The molecule has 1 aromatic rings. The molecule has 0 aliphatic heterocycles. The largest absolute Gasteiger partial charge is 0.388 e. The zero-order chi connectivity index (χ0) is 11.4. The summed E-state index contributed by atoms with van der Waals surface area (Å²) in [4.78, 5) is 18.8. The molecule has 0 aliphatic rings. The Hall–Kier alpha value is -2.52. The van der Waals surface area contributed by atoms with E-state index < -0.39 is 11.2 Å². The van der Waals surface area contributed by atoms with E-state index in [0.717, 1.165) is 0 Å². The van der Waals surface area contributed by atoms with Crippen LogP contribution in [0.25, 0.3) is 10.4 Å². The Balaban J connectivity index is 3.54. The van der Waals surface area contributed by atoms with Gasteiger partial charge >= 0.3 is 5.63 Å². The Morgan fingerprint density at radius 3 is 2.80 bits per heavy atom. The first kappa shape index (κ1) is 10.6. The van der Waals surface area contributed by atoms with Gasteiger partial charge in [-0.3, -0.25) is 0 Å². The highest BCUT2D eigenvalue weighted by Crippen LogP contribution is 2.15. The fourth-order valence-corrected chi connectivity index (χ4v) is 0.796. The monoisotopic (exact) mass is 206 g/mol. The van der Waals surface area contributed by atoms with Gasteiger partial charge in [-0.15, -0.1) is 0 Å². The Kier molecular flexibility index (Phi) is 2.91. The first-order valence-electron chi connectivity index (χ1n) is 3.77. The molecule has 0 aliphatic carbocycles. The molecule has 15 heavy (non-hydrogen) atoms. The van der Waals surface area contributed by atoms with Gasteiger partial charge in [-0.1, -0.05) is 0 Å². The Labute approximate surface area is 84.0 Å². The molecule has 1 aromatic heterocycles. The SMILES string of the molecule is CN(C)c1nc(N=[N+]=[N-])c(C#N)c(=O)o1. The van der Waals surface area contributed by atoms with E-state index in [1.54, 1.807) is 20.2 Å². The van der Waals surface area contributed by atoms with E-state index >= 15 is 0 Å². The van der Waals surface area contributed by atoms with Gasteiger partial charge in [0.25, 0.3) is 6.01 Å². The van der Waals surface area contributed by atoms with Crippen LogP contribution in [-0.4, -0.2) is 19.1 Å². The van der Waals surface area contributed by atoms with Gasteiger partial charge in [0.15, 0.2) is 11.4 Å². The van der Waals surface area contributed by atoms with E-state index in [1.165, 1.54) is 4.90 Å². The minimum Gasteiger partial charge on any atom is -0.388 e. The van der Waals surface area contributed by atoms with E-state index in [-0.39, 0.29) is 11.8 Å².